The first-order valence-corrected chi connectivity index (χ1v) is 10.1. The third-order valence-corrected chi connectivity index (χ3v) is 5.28. The highest BCUT2D eigenvalue weighted by Gasteiger charge is 2.22. The van der Waals surface area contributed by atoms with Crippen molar-refractivity contribution in [3.05, 3.63) is 99.5 Å². The number of ether oxygens (including phenoxy) is 1. The number of amides is 1. The van der Waals surface area contributed by atoms with Crippen molar-refractivity contribution in [3.63, 3.8) is 0 Å². The highest BCUT2D eigenvalue weighted by molar-refractivity contribution is 5.84. The highest BCUT2D eigenvalue weighted by atomic mass is 16.5. The number of rotatable bonds is 6. The molecule has 0 spiro atoms. The van der Waals surface area contributed by atoms with Gasteiger partial charge in [0, 0.05) is 18.9 Å². The molecule has 2 aromatic carbocycles. The van der Waals surface area contributed by atoms with Gasteiger partial charge in [0.25, 0.3) is 5.56 Å². The van der Waals surface area contributed by atoms with E-state index in [9.17, 15) is 14.4 Å². The fourth-order valence-corrected chi connectivity index (χ4v) is 3.57. The number of methoxy groups -OCH3 is 1. The molecule has 4 rings (SSSR count). The number of pyridine rings is 1. The van der Waals surface area contributed by atoms with E-state index in [0.717, 1.165) is 10.1 Å². The van der Waals surface area contributed by atoms with E-state index >= 15 is 0 Å². The third kappa shape index (κ3) is 3.90. The minimum absolute atomic E-state index is 0.280. The number of hydrogen-bond acceptors (Lipinski definition) is 5. The number of benzene rings is 2. The molecule has 162 valence electrons. The van der Waals surface area contributed by atoms with Crippen LogP contribution in [0.3, 0.4) is 0 Å². The second-order valence-corrected chi connectivity index (χ2v) is 7.26. The van der Waals surface area contributed by atoms with Crippen molar-refractivity contribution in [2.24, 2.45) is 0 Å². The normalized spacial score (nSPS) is 11.8. The number of nitrogens with one attached hydrogen (secondary N) is 1. The fraction of sp³-hybridized carbons (Fsp3) is 0.167. The SMILES string of the molecule is COc1ccc(-n2c(=O)c3ccccc3n(C(C)C(=O)NCc3cccnc3)c2=O)cc1. The van der Waals surface area contributed by atoms with E-state index in [1.807, 2.05) is 6.07 Å². The molecule has 8 heteroatoms. The molecule has 1 amide bonds. The summed E-state index contributed by atoms with van der Waals surface area (Å²) in [5.74, 6) is 0.257. The zero-order valence-electron chi connectivity index (χ0n) is 17.7. The number of carbonyl (C=O) groups excluding carboxylic acids is 1. The molecule has 0 aliphatic rings. The van der Waals surface area contributed by atoms with Gasteiger partial charge in [0.2, 0.25) is 5.91 Å². The van der Waals surface area contributed by atoms with Crippen LogP contribution in [0.15, 0.2) is 82.6 Å². The summed E-state index contributed by atoms with van der Waals surface area (Å²) in [6.07, 6.45) is 3.32. The van der Waals surface area contributed by atoms with E-state index in [-0.39, 0.29) is 12.5 Å². The van der Waals surface area contributed by atoms with E-state index in [0.29, 0.717) is 22.3 Å². The van der Waals surface area contributed by atoms with Crippen LogP contribution in [0, 0.1) is 0 Å². The van der Waals surface area contributed by atoms with Crippen LogP contribution in [0.4, 0.5) is 0 Å². The summed E-state index contributed by atoms with van der Waals surface area (Å²) in [6.45, 7) is 1.91. The fourth-order valence-electron chi connectivity index (χ4n) is 3.57. The molecule has 32 heavy (non-hydrogen) atoms. The minimum atomic E-state index is -0.853. The Hall–Kier alpha value is -4.20. The smallest absolute Gasteiger partial charge is 0.336 e. The Bertz CT molecular complexity index is 1380. The van der Waals surface area contributed by atoms with Gasteiger partial charge in [-0.1, -0.05) is 18.2 Å². The third-order valence-electron chi connectivity index (χ3n) is 5.28. The largest absolute Gasteiger partial charge is 0.497 e. The van der Waals surface area contributed by atoms with E-state index in [2.05, 4.69) is 10.3 Å². The van der Waals surface area contributed by atoms with E-state index in [1.54, 1.807) is 73.9 Å². The molecule has 0 aliphatic carbocycles. The van der Waals surface area contributed by atoms with E-state index in [1.165, 1.54) is 11.7 Å². The standard InChI is InChI=1S/C24H22N4O4/c1-16(22(29)26-15-17-6-5-13-25-14-17)27-21-8-4-3-7-20(21)23(30)28(24(27)31)18-9-11-19(32-2)12-10-18/h3-14,16H,15H2,1-2H3,(H,26,29). The summed E-state index contributed by atoms with van der Waals surface area (Å²) in [4.78, 5) is 43.6. The van der Waals surface area contributed by atoms with Crippen LogP contribution in [-0.2, 0) is 11.3 Å². The summed E-state index contributed by atoms with van der Waals surface area (Å²) in [5, 5.41) is 3.18. The number of fused-ring (bicyclic) bond motifs is 1. The maximum Gasteiger partial charge on any atom is 0.336 e. The van der Waals surface area contributed by atoms with Crippen LogP contribution < -0.4 is 21.3 Å². The molecule has 4 aromatic rings. The molecule has 0 saturated heterocycles. The van der Waals surface area contributed by atoms with Gasteiger partial charge in [0.1, 0.15) is 11.8 Å². The van der Waals surface area contributed by atoms with Crippen LogP contribution in [-0.4, -0.2) is 27.1 Å². The number of aromatic nitrogens is 3. The predicted molar refractivity (Wildman–Crippen MR) is 121 cm³/mol. The second kappa shape index (κ2) is 8.89. The van der Waals surface area contributed by atoms with Crippen LogP contribution in [0.2, 0.25) is 0 Å². The summed E-state index contributed by atoms with van der Waals surface area (Å²) < 4.78 is 7.59. The summed E-state index contributed by atoms with van der Waals surface area (Å²) in [6, 6.07) is 16.2. The zero-order valence-corrected chi connectivity index (χ0v) is 17.7. The summed E-state index contributed by atoms with van der Waals surface area (Å²) >= 11 is 0. The van der Waals surface area contributed by atoms with Crippen LogP contribution in [0.1, 0.15) is 18.5 Å². The maximum atomic E-state index is 13.5. The lowest BCUT2D eigenvalue weighted by Gasteiger charge is -2.19. The molecule has 2 aromatic heterocycles. The van der Waals surface area contributed by atoms with Crippen molar-refractivity contribution in [1.29, 1.82) is 0 Å². The topological polar surface area (TPSA) is 95.2 Å². The van der Waals surface area contributed by atoms with E-state index in [4.69, 9.17) is 4.74 Å². The summed E-state index contributed by atoms with van der Waals surface area (Å²) in [5.41, 5.74) is 0.589. The number of hydrogen-bond donors (Lipinski definition) is 1. The number of nitrogens with zero attached hydrogens (tertiary/aromatic N) is 3. The molecular formula is C24H22N4O4. The molecule has 0 bridgehead atoms. The summed E-state index contributed by atoms with van der Waals surface area (Å²) in [7, 11) is 1.54. The van der Waals surface area contributed by atoms with Gasteiger partial charge in [-0.05, 0) is 55.0 Å². The van der Waals surface area contributed by atoms with Crippen LogP contribution >= 0.6 is 0 Å². The molecule has 0 aliphatic heterocycles. The van der Waals surface area contributed by atoms with Gasteiger partial charge in [0.15, 0.2) is 0 Å². The lowest BCUT2D eigenvalue weighted by molar-refractivity contribution is -0.124. The molecule has 1 atom stereocenters. The van der Waals surface area contributed by atoms with Gasteiger partial charge in [-0.15, -0.1) is 0 Å². The molecule has 8 nitrogen and oxygen atoms in total. The van der Waals surface area contributed by atoms with Crippen LogP contribution in [0.5, 0.6) is 5.75 Å². The first kappa shape index (κ1) is 21.0. The predicted octanol–water partition coefficient (Wildman–Crippen LogP) is 2.43. The Balaban J connectivity index is 1.80. The van der Waals surface area contributed by atoms with Gasteiger partial charge >= 0.3 is 5.69 Å². The van der Waals surface area contributed by atoms with E-state index < -0.39 is 17.3 Å². The quantitative estimate of drug-likeness (QED) is 0.507. The molecule has 1 unspecified atom stereocenters. The lowest BCUT2D eigenvalue weighted by atomic mass is 10.2. The Morgan fingerprint density at radius 2 is 1.81 bits per heavy atom. The van der Waals surface area contributed by atoms with Crippen molar-refractivity contribution in [2.75, 3.05) is 7.11 Å². The first-order valence-electron chi connectivity index (χ1n) is 10.1. The lowest BCUT2D eigenvalue weighted by Crippen LogP contribution is -2.43. The monoisotopic (exact) mass is 430 g/mol. The Kier molecular flexibility index (Phi) is 5.85. The highest BCUT2D eigenvalue weighted by Crippen LogP contribution is 2.17. The number of carbonyl (C=O) groups is 1. The average molecular weight is 430 g/mol. The zero-order chi connectivity index (χ0) is 22.7. The number of para-hydroxylation sites is 1. The molecule has 0 fully saturated rings. The van der Waals surface area contributed by atoms with Gasteiger partial charge in [-0.3, -0.25) is 19.1 Å². The Morgan fingerprint density at radius 3 is 2.50 bits per heavy atom. The Morgan fingerprint density at radius 1 is 1.06 bits per heavy atom. The maximum absolute atomic E-state index is 13.5. The van der Waals surface area contributed by atoms with Crippen molar-refractivity contribution >= 4 is 16.8 Å². The van der Waals surface area contributed by atoms with Crippen molar-refractivity contribution in [2.45, 2.75) is 19.5 Å². The molecule has 0 radical (unpaired) electrons. The Labute approximate surface area is 183 Å². The van der Waals surface area contributed by atoms with Crippen LogP contribution in [0.25, 0.3) is 16.6 Å². The molecule has 2 heterocycles. The molecule has 1 N–H and O–H groups in total. The van der Waals surface area contributed by atoms with Gasteiger partial charge in [-0.25, -0.2) is 9.36 Å². The molecule has 0 saturated carbocycles. The van der Waals surface area contributed by atoms with Crippen molar-refractivity contribution in [1.82, 2.24) is 19.4 Å². The first-order chi connectivity index (χ1) is 15.5. The second-order valence-electron chi connectivity index (χ2n) is 7.26. The van der Waals surface area contributed by atoms with Crippen molar-refractivity contribution < 1.29 is 9.53 Å². The van der Waals surface area contributed by atoms with Gasteiger partial charge < -0.3 is 10.1 Å². The van der Waals surface area contributed by atoms with Gasteiger partial charge in [0.05, 0.1) is 23.7 Å². The van der Waals surface area contributed by atoms with Crippen molar-refractivity contribution in [3.8, 4) is 11.4 Å². The molecular weight excluding hydrogens is 408 g/mol. The van der Waals surface area contributed by atoms with Gasteiger partial charge in [-0.2, -0.15) is 0 Å². The minimum Gasteiger partial charge on any atom is -0.497 e. The average Bonchev–Trinajstić information content (AvgIpc) is 2.83.